The molecule has 0 aliphatic rings. The number of rotatable bonds is 7. The second-order valence-corrected chi connectivity index (χ2v) is 4.39. The van der Waals surface area contributed by atoms with Crippen LogP contribution < -0.4 is 5.32 Å². The van der Waals surface area contributed by atoms with Gasteiger partial charge in [0.1, 0.15) is 0 Å². The zero-order valence-corrected chi connectivity index (χ0v) is 10.9. The molecule has 0 spiro atoms. The predicted octanol–water partition coefficient (Wildman–Crippen LogP) is 2.52. The van der Waals surface area contributed by atoms with E-state index in [2.05, 4.69) is 29.1 Å². The summed E-state index contributed by atoms with van der Waals surface area (Å²) in [6.07, 6.45) is 7.13. The smallest absolute Gasteiger partial charge is 0.0543 e. The van der Waals surface area contributed by atoms with Gasteiger partial charge in [-0.25, -0.2) is 4.68 Å². The van der Waals surface area contributed by atoms with Gasteiger partial charge < -0.3 is 10.4 Å². The van der Waals surface area contributed by atoms with E-state index in [0.717, 1.165) is 30.6 Å². The Kier molecular flexibility index (Phi) is 4.75. The summed E-state index contributed by atoms with van der Waals surface area (Å²) in [7, 11) is 0. The number of aliphatic hydroxyl groups is 1. The molecule has 1 heterocycles. The maximum absolute atomic E-state index is 8.84. The molecule has 2 rings (SSSR count). The first-order valence-electron chi connectivity index (χ1n) is 6.41. The van der Waals surface area contributed by atoms with E-state index in [9.17, 15) is 0 Å². The van der Waals surface area contributed by atoms with Crippen molar-refractivity contribution in [1.29, 1.82) is 0 Å². The molecule has 0 fully saturated rings. The molecule has 0 aliphatic carbocycles. The van der Waals surface area contributed by atoms with Crippen molar-refractivity contribution in [2.75, 3.05) is 11.9 Å². The van der Waals surface area contributed by atoms with Crippen molar-refractivity contribution in [2.45, 2.75) is 19.4 Å². The van der Waals surface area contributed by atoms with Gasteiger partial charge in [0.15, 0.2) is 0 Å². The van der Waals surface area contributed by atoms with Crippen LogP contribution in [0.1, 0.15) is 17.5 Å². The third-order valence-corrected chi connectivity index (χ3v) is 2.89. The number of nitrogens with one attached hydrogen (secondary N) is 1. The van der Waals surface area contributed by atoms with Crippen molar-refractivity contribution in [1.82, 2.24) is 9.78 Å². The molecule has 0 saturated carbocycles. The Morgan fingerprint density at radius 3 is 3.00 bits per heavy atom. The zero-order valence-electron chi connectivity index (χ0n) is 10.9. The fraction of sp³-hybridized carbons (Fsp3) is 0.267. The molecule has 2 N–H and O–H groups in total. The third kappa shape index (κ3) is 3.96. The predicted molar refractivity (Wildman–Crippen MR) is 77.8 cm³/mol. The molecular formula is C15H19N3O. The van der Waals surface area contributed by atoms with Crippen LogP contribution in [-0.2, 0) is 13.0 Å². The van der Waals surface area contributed by atoms with Crippen molar-refractivity contribution in [2.24, 2.45) is 0 Å². The number of anilines is 1. The zero-order chi connectivity index (χ0) is 13.5. The molecule has 4 heteroatoms. The van der Waals surface area contributed by atoms with E-state index >= 15 is 0 Å². The van der Waals surface area contributed by atoms with Crippen molar-refractivity contribution in [3.8, 4) is 0 Å². The lowest BCUT2D eigenvalue weighted by Crippen LogP contribution is -1.99. The summed E-state index contributed by atoms with van der Waals surface area (Å²) >= 11 is 0. The Hall–Kier alpha value is -2.07. The van der Waals surface area contributed by atoms with E-state index < -0.39 is 0 Å². The van der Waals surface area contributed by atoms with Crippen molar-refractivity contribution in [3.63, 3.8) is 0 Å². The van der Waals surface area contributed by atoms with Gasteiger partial charge in [0.05, 0.1) is 6.20 Å². The highest BCUT2D eigenvalue weighted by Gasteiger charge is 1.99. The molecule has 0 bridgehead atoms. The largest absolute Gasteiger partial charge is 0.396 e. The lowest BCUT2D eigenvalue weighted by Gasteiger charge is -2.07. The van der Waals surface area contributed by atoms with E-state index in [1.165, 1.54) is 5.56 Å². The molecule has 100 valence electrons. The number of benzene rings is 1. The average molecular weight is 257 g/mol. The topological polar surface area (TPSA) is 50.1 Å². The van der Waals surface area contributed by atoms with Crippen LogP contribution in [0, 0.1) is 0 Å². The molecule has 0 radical (unpaired) electrons. The van der Waals surface area contributed by atoms with Gasteiger partial charge in [0.2, 0.25) is 0 Å². The van der Waals surface area contributed by atoms with Gasteiger partial charge in [-0.2, -0.15) is 5.10 Å². The van der Waals surface area contributed by atoms with Crippen LogP contribution in [0.4, 0.5) is 5.69 Å². The van der Waals surface area contributed by atoms with Gasteiger partial charge in [-0.3, -0.25) is 0 Å². The average Bonchev–Trinajstić information content (AvgIpc) is 2.91. The van der Waals surface area contributed by atoms with Gasteiger partial charge >= 0.3 is 0 Å². The first-order chi connectivity index (χ1) is 9.31. The van der Waals surface area contributed by atoms with E-state index in [0.29, 0.717) is 0 Å². The number of hydrogen-bond donors (Lipinski definition) is 2. The molecule has 0 amide bonds. The van der Waals surface area contributed by atoms with E-state index in [-0.39, 0.29) is 6.61 Å². The first kappa shape index (κ1) is 13.4. The van der Waals surface area contributed by atoms with Gasteiger partial charge in [-0.05, 0) is 30.5 Å². The second kappa shape index (κ2) is 6.75. The minimum absolute atomic E-state index is 0.235. The Morgan fingerprint density at radius 2 is 2.26 bits per heavy atom. The van der Waals surface area contributed by atoms with E-state index in [4.69, 9.17) is 5.11 Å². The second-order valence-electron chi connectivity index (χ2n) is 4.39. The summed E-state index contributed by atoms with van der Waals surface area (Å²) in [6.45, 7) is 4.63. The third-order valence-electron chi connectivity index (χ3n) is 2.89. The van der Waals surface area contributed by atoms with Crippen LogP contribution >= 0.6 is 0 Å². The standard InChI is InChI=1S/C15H19N3O/c1-2-18-12-14(11-17-18)10-16-15-7-3-5-13(9-15)6-4-8-19/h2-3,5,7,9,11-12,16,19H,1,4,6,8,10H2. The Bertz CT molecular complexity index is 534. The molecule has 2 aromatic rings. The van der Waals surface area contributed by atoms with Crippen LogP contribution in [-0.4, -0.2) is 21.5 Å². The van der Waals surface area contributed by atoms with Gasteiger partial charge in [-0.15, -0.1) is 0 Å². The summed E-state index contributed by atoms with van der Waals surface area (Å²) in [5.41, 5.74) is 3.43. The maximum Gasteiger partial charge on any atom is 0.0543 e. The SMILES string of the molecule is C=Cn1cc(CNc2cccc(CCCO)c2)cn1. The molecular weight excluding hydrogens is 238 g/mol. The van der Waals surface area contributed by atoms with E-state index in [1.54, 1.807) is 10.9 Å². The van der Waals surface area contributed by atoms with Gasteiger partial charge in [-0.1, -0.05) is 18.7 Å². The quantitative estimate of drug-likeness (QED) is 0.801. The lowest BCUT2D eigenvalue weighted by atomic mass is 10.1. The van der Waals surface area contributed by atoms with Crippen LogP contribution in [0.5, 0.6) is 0 Å². The van der Waals surface area contributed by atoms with Crippen LogP contribution in [0.2, 0.25) is 0 Å². The Morgan fingerprint density at radius 1 is 1.37 bits per heavy atom. The monoisotopic (exact) mass is 257 g/mol. The van der Waals surface area contributed by atoms with Crippen molar-refractivity contribution < 1.29 is 5.11 Å². The molecule has 1 aromatic carbocycles. The fourth-order valence-corrected chi connectivity index (χ4v) is 1.89. The molecule has 4 nitrogen and oxygen atoms in total. The van der Waals surface area contributed by atoms with Crippen LogP contribution in [0.15, 0.2) is 43.2 Å². The summed E-state index contributed by atoms with van der Waals surface area (Å²) in [5.74, 6) is 0. The van der Waals surface area contributed by atoms with Crippen molar-refractivity contribution in [3.05, 3.63) is 54.4 Å². The highest BCUT2D eigenvalue weighted by atomic mass is 16.2. The molecule has 19 heavy (non-hydrogen) atoms. The summed E-state index contributed by atoms with van der Waals surface area (Å²) in [5, 5.41) is 16.3. The summed E-state index contributed by atoms with van der Waals surface area (Å²) in [6, 6.07) is 8.27. The number of aromatic nitrogens is 2. The maximum atomic E-state index is 8.84. The Balaban J connectivity index is 1.93. The normalized spacial score (nSPS) is 10.4. The summed E-state index contributed by atoms with van der Waals surface area (Å²) < 4.78 is 1.69. The minimum atomic E-state index is 0.235. The highest BCUT2D eigenvalue weighted by molar-refractivity contribution is 5.46. The highest BCUT2D eigenvalue weighted by Crippen LogP contribution is 2.13. The lowest BCUT2D eigenvalue weighted by molar-refractivity contribution is 0.288. The molecule has 0 atom stereocenters. The molecule has 0 saturated heterocycles. The minimum Gasteiger partial charge on any atom is -0.396 e. The van der Waals surface area contributed by atoms with Gasteiger partial charge in [0.25, 0.3) is 0 Å². The number of nitrogens with zero attached hydrogens (tertiary/aromatic N) is 2. The molecule has 0 unspecified atom stereocenters. The molecule has 0 aliphatic heterocycles. The molecule has 1 aromatic heterocycles. The van der Waals surface area contributed by atoms with Crippen molar-refractivity contribution >= 4 is 11.9 Å². The van der Waals surface area contributed by atoms with Gasteiger partial charge in [0, 0.05) is 36.8 Å². The van der Waals surface area contributed by atoms with E-state index in [1.807, 2.05) is 24.5 Å². The number of aliphatic hydroxyl groups excluding tert-OH is 1. The van der Waals surface area contributed by atoms with Crippen LogP contribution in [0.3, 0.4) is 0 Å². The van der Waals surface area contributed by atoms with Crippen LogP contribution in [0.25, 0.3) is 6.20 Å². The number of hydrogen-bond acceptors (Lipinski definition) is 3. The fourth-order valence-electron chi connectivity index (χ4n) is 1.89. The Labute approximate surface area is 113 Å². The first-order valence-corrected chi connectivity index (χ1v) is 6.41. The number of aryl methyl sites for hydroxylation is 1. The summed E-state index contributed by atoms with van der Waals surface area (Å²) in [4.78, 5) is 0.